The van der Waals surface area contributed by atoms with E-state index < -0.39 is 41.6 Å². The van der Waals surface area contributed by atoms with Crippen LogP contribution in [0, 0.1) is 22.9 Å². The fraction of sp³-hybridized carbons (Fsp3) is 0.448. The molecule has 1 aromatic heterocycles. The smallest absolute Gasteiger partial charge is 0.309 e. The number of ether oxygens (including phenoxy) is 1. The molecule has 1 atom stereocenters. The molecule has 1 fully saturated rings. The normalized spacial score (nSPS) is 16.4. The van der Waals surface area contributed by atoms with Crippen LogP contribution in [0.25, 0.3) is 10.9 Å². The van der Waals surface area contributed by atoms with E-state index in [0.717, 1.165) is 0 Å². The number of halogens is 4. The molecule has 0 amide bonds. The molecular weight excluding hydrogens is 516 g/mol. The van der Waals surface area contributed by atoms with Gasteiger partial charge in [-0.05, 0) is 81.9 Å². The van der Waals surface area contributed by atoms with Crippen molar-refractivity contribution in [2.75, 3.05) is 26.7 Å². The minimum atomic E-state index is -1.09. The average Bonchev–Trinajstić information content (AvgIpc) is 2.92. The van der Waals surface area contributed by atoms with Crippen molar-refractivity contribution in [1.82, 2.24) is 9.88 Å². The largest absolute Gasteiger partial charge is 0.497 e. The van der Waals surface area contributed by atoms with Crippen LogP contribution in [0.15, 0.2) is 36.5 Å². The van der Waals surface area contributed by atoms with E-state index in [-0.39, 0.29) is 30.4 Å². The van der Waals surface area contributed by atoms with Crippen molar-refractivity contribution in [3.8, 4) is 5.75 Å². The topological polar surface area (TPSA) is 82.9 Å². The standard InChI is InChI=1S/C29H32F4N2O4/c1-39-20-4-5-25-22(15-20)27(18(16-30)17-34-25)26(36)6-7-29(28(37)38)8-11-35(12-9-29)10-2-3-21-23(32)13-19(31)14-24(21)33/h4-5,13-15,17,26,36H,2-3,6-12,16H2,1H3,(H,37,38). The van der Waals surface area contributed by atoms with Crippen LogP contribution in [0.1, 0.15) is 54.9 Å². The Bertz CT molecular complexity index is 1300. The third-order valence-corrected chi connectivity index (χ3v) is 7.85. The summed E-state index contributed by atoms with van der Waals surface area (Å²) < 4.78 is 60.0. The maximum atomic E-state index is 13.9. The number of methoxy groups -OCH3 is 1. The molecule has 2 N–H and O–H groups in total. The number of hydrogen-bond acceptors (Lipinski definition) is 5. The molecule has 39 heavy (non-hydrogen) atoms. The minimum Gasteiger partial charge on any atom is -0.497 e. The van der Waals surface area contributed by atoms with Crippen LogP contribution in [-0.4, -0.2) is 52.8 Å². The van der Waals surface area contributed by atoms with Gasteiger partial charge in [0.05, 0.1) is 24.1 Å². The Morgan fingerprint density at radius 2 is 1.85 bits per heavy atom. The number of carbonyl (C=O) groups is 1. The number of carboxylic acid groups (broad SMARTS) is 1. The Morgan fingerprint density at radius 1 is 1.15 bits per heavy atom. The summed E-state index contributed by atoms with van der Waals surface area (Å²) in [7, 11) is 1.51. The molecule has 4 rings (SSSR count). The molecule has 6 nitrogen and oxygen atoms in total. The zero-order valence-electron chi connectivity index (χ0n) is 21.7. The van der Waals surface area contributed by atoms with E-state index in [0.29, 0.717) is 73.2 Å². The fourth-order valence-corrected chi connectivity index (χ4v) is 5.48. The minimum absolute atomic E-state index is 0.103. The number of nitrogens with zero attached hydrogens (tertiary/aromatic N) is 2. The number of piperidine rings is 1. The monoisotopic (exact) mass is 548 g/mol. The fourth-order valence-electron chi connectivity index (χ4n) is 5.48. The van der Waals surface area contributed by atoms with Crippen molar-refractivity contribution in [2.24, 2.45) is 5.41 Å². The first-order chi connectivity index (χ1) is 18.7. The molecular formula is C29H32F4N2O4. The third kappa shape index (κ3) is 6.33. The summed E-state index contributed by atoms with van der Waals surface area (Å²) in [5, 5.41) is 21.8. The van der Waals surface area contributed by atoms with Gasteiger partial charge in [-0.3, -0.25) is 9.78 Å². The number of rotatable bonds is 11. The molecule has 1 saturated heterocycles. The Hall–Kier alpha value is -3.24. The second-order valence-electron chi connectivity index (χ2n) is 10.1. The predicted molar refractivity (Wildman–Crippen MR) is 138 cm³/mol. The van der Waals surface area contributed by atoms with E-state index in [2.05, 4.69) is 4.98 Å². The Labute approximate surface area is 224 Å². The molecule has 0 bridgehead atoms. The molecule has 10 heteroatoms. The molecule has 0 radical (unpaired) electrons. The van der Waals surface area contributed by atoms with E-state index in [1.807, 2.05) is 4.90 Å². The van der Waals surface area contributed by atoms with Crippen LogP contribution >= 0.6 is 0 Å². The highest BCUT2D eigenvalue weighted by atomic mass is 19.1. The van der Waals surface area contributed by atoms with Crippen molar-refractivity contribution < 1.29 is 37.3 Å². The molecule has 1 unspecified atom stereocenters. The molecule has 0 aliphatic carbocycles. The van der Waals surface area contributed by atoms with Crippen molar-refractivity contribution in [3.05, 3.63) is 70.7 Å². The lowest BCUT2D eigenvalue weighted by atomic mass is 9.73. The van der Waals surface area contributed by atoms with Gasteiger partial charge in [-0.1, -0.05) is 0 Å². The highest BCUT2D eigenvalue weighted by Gasteiger charge is 2.41. The number of carboxylic acids is 1. The maximum absolute atomic E-state index is 13.9. The summed E-state index contributed by atoms with van der Waals surface area (Å²) in [5.41, 5.74) is -0.000675. The highest BCUT2D eigenvalue weighted by molar-refractivity contribution is 5.85. The molecule has 2 aromatic carbocycles. The summed E-state index contributed by atoms with van der Waals surface area (Å²) in [4.78, 5) is 18.7. The molecule has 2 heterocycles. The maximum Gasteiger partial charge on any atom is 0.309 e. The van der Waals surface area contributed by atoms with E-state index in [1.165, 1.54) is 13.3 Å². The lowest BCUT2D eigenvalue weighted by Gasteiger charge is -2.39. The van der Waals surface area contributed by atoms with Gasteiger partial charge in [0.2, 0.25) is 0 Å². The van der Waals surface area contributed by atoms with E-state index >= 15 is 0 Å². The summed E-state index contributed by atoms with van der Waals surface area (Å²) in [5.74, 6) is -3.20. The van der Waals surface area contributed by atoms with Gasteiger partial charge in [0.1, 0.15) is 29.9 Å². The molecule has 0 spiro atoms. The number of likely N-dealkylation sites (tertiary alicyclic amines) is 1. The predicted octanol–water partition coefficient (Wildman–Crippen LogP) is 5.74. The molecule has 1 aliphatic heterocycles. The SMILES string of the molecule is COc1ccc2ncc(CF)c(C(O)CCC3(C(=O)O)CCN(CCCc4c(F)cc(F)cc4F)CC3)c2c1. The van der Waals surface area contributed by atoms with Gasteiger partial charge in [0.25, 0.3) is 0 Å². The lowest BCUT2D eigenvalue weighted by molar-refractivity contribution is -0.153. The van der Waals surface area contributed by atoms with E-state index in [9.17, 15) is 32.6 Å². The van der Waals surface area contributed by atoms with Crippen LogP contribution in [0.4, 0.5) is 17.6 Å². The zero-order chi connectivity index (χ0) is 28.2. The van der Waals surface area contributed by atoms with Gasteiger partial charge in [0.15, 0.2) is 0 Å². The summed E-state index contributed by atoms with van der Waals surface area (Å²) in [6, 6.07) is 6.46. The van der Waals surface area contributed by atoms with Crippen molar-refractivity contribution in [3.63, 3.8) is 0 Å². The van der Waals surface area contributed by atoms with Gasteiger partial charge in [0, 0.05) is 34.8 Å². The van der Waals surface area contributed by atoms with Gasteiger partial charge in [-0.15, -0.1) is 0 Å². The van der Waals surface area contributed by atoms with E-state index in [4.69, 9.17) is 4.74 Å². The van der Waals surface area contributed by atoms with Gasteiger partial charge >= 0.3 is 5.97 Å². The molecule has 1 aliphatic rings. The van der Waals surface area contributed by atoms with Crippen LogP contribution in [0.3, 0.4) is 0 Å². The number of fused-ring (bicyclic) bond motifs is 1. The second kappa shape index (κ2) is 12.3. The first-order valence-corrected chi connectivity index (χ1v) is 13.0. The zero-order valence-corrected chi connectivity index (χ0v) is 21.7. The number of aliphatic hydroxyl groups is 1. The van der Waals surface area contributed by atoms with Crippen molar-refractivity contribution >= 4 is 16.9 Å². The highest BCUT2D eigenvalue weighted by Crippen LogP contribution is 2.40. The second-order valence-corrected chi connectivity index (χ2v) is 10.1. The first-order valence-electron chi connectivity index (χ1n) is 13.0. The number of aliphatic carboxylic acids is 1. The first kappa shape index (κ1) is 28.8. The Balaban J connectivity index is 1.39. The summed E-state index contributed by atoms with van der Waals surface area (Å²) in [6.07, 6.45) is 1.84. The molecule has 3 aromatic rings. The Morgan fingerprint density at radius 3 is 2.46 bits per heavy atom. The van der Waals surface area contributed by atoms with Crippen molar-refractivity contribution in [1.29, 1.82) is 0 Å². The number of alkyl halides is 1. The number of pyridine rings is 1. The number of aromatic nitrogens is 1. The van der Waals surface area contributed by atoms with Crippen LogP contribution in [0.5, 0.6) is 5.75 Å². The third-order valence-electron chi connectivity index (χ3n) is 7.85. The van der Waals surface area contributed by atoms with Gasteiger partial charge < -0.3 is 19.8 Å². The molecule has 210 valence electrons. The van der Waals surface area contributed by atoms with Crippen LogP contribution in [0.2, 0.25) is 0 Å². The van der Waals surface area contributed by atoms with Gasteiger partial charge in [-0.2, -0.15) is 0 Å². The van der Waals surface area contributed by atoms with Crippen molar-refractivity contribution in [2.45, 2.75) is 51.3 Å². The lowest BCUT2D eigenvalue weighted by Crippen LogP contribution is -2.44. The summed E-state index contributed by atoms with van der Waals surface area (Å²) >= 11 is 0. The van der Waals surface area contributed by atoms with Crippen LogP contribution < -0.4 is 4.74 Å². The Kier molecular flexibility index (Phi) is 9.07. The average molecular weight is 549 g/mol. The van der Waals surface area contributed by atoms with Crippen LogP contribution in [-0.2, 0) is 17.9 Å². The summed E-state index contributed by atoms with van der Waals surface area (Å²) in [6.45, 7) is 0.639. The van der Waals surface area contributed by atoms with Gasteiger partial charge in [-0.25, -0.2) is 17.6 Å². The number of aliphatic hydroxyl groups excluding tert-OH is 1. The number of hydrogen-bond donors (Lipinski definition) is 2. The molecule has 0 saturated carbocycles. The number of benzene rings is 2. The van der Waals surface area contributed by atoms with E-state index in [1.54, 1.807) is 18.2 Å². The quantitative estimate of drug-likeness (QED) is 0.297.